The molecule has 3 rings (SSSR count). The minimum atomic E-state index is -0.198. The fourth-order valence-corrected chi connectivity index (χ4v) is 3.83. The second-order valence-electron chi connectivity index (χ2n) is 8.49. The topological polar surface area (TPSA) is 79.8 Å². The number of benzene rings is 1. The molecule has 1 fully saturated rings. The molecule has 0 bridgehead atoms. The van der Waals surface area contributed by atoms with Gasteiger partial charge in [-0.25, -0.2) is 9.97 Å². The number of carbonyl (C=O) groups is 1. The van der Waals surface area contributed by atoms with E-state index in [1.807, 2.05) is 38.1 Å². The minimum Gasteiger partial charge on any atom is -0.493 e. The predicted molar refractivity (Wildman–Crippen MR) is 125 cm³/mol. The number of aryl methyl sites for hydroxylation is 1. The van der Waals surface area contributed by atoms with Gasteiger partial charge in [-0.1, -0.05) is 19.9 Å². The van der Waals surface area contributed by atoms with Gasteiger partial charge in [0.2, 0.25) is 5.91 Å². The lowest BCUT2D eigenvalue weighted by atomic mass is 10.1. The third kappa shape index (κ3) is 5.68. The summed E-state index contributed by atoms with van der Waals surface area (Å²) in [6.07, 6.45) is 0. The zero-order chi connectivity index (χ0) is 23.3. The molecule has 0 aliphatic carbocycles. The summed E-state index contributed by atoms with van der Waals surface area (Å²) in [4.78, 5) is 26.6. The van der Waals surface area contributed by atoms with Crippen LogP contribution in [0.15, 0.2) is 24.3 Å². The van der Waals surface area contributed by atoms with Gasteiger partial charge in [-0.15, -0.1) is 0 Å². The summed E-state index contributed by atoms with van der Waals surface area (Å²) in [5.41, 5.74) is 1.96. The number of anilines is 1. The van der Waals surface area contributed by atoms with Crippen molar-refractivity contribution in [2.75, 3.05) is 45.3 Å². The Hall–Kier alpha value is -2.87. The summed E-state index contributed by atoms with van der Waals surface area (Å²) in [6, 6.07) is 7.51. The predicted octanol–water partition coefficient (Wildman–Crippen LogP) is 2.75. The highest BCUT2D eigenvalue weighted by atomic mass is 16.5. The molecule has 1 aromatic carbocycles. The van der Waals surface area contributed by atoms with Crippen LogP contribution in [0.4, 0.5) is 5.82 Å². The van der Waals surface area contributed by atoms with E-state index >= 15 is 0 Å². The maximum Gasteiger partial charge on any atom is 0.237 e. The number of amides is 1. The molecule has 1 aromatic heterocycles. The molecule has 32 heavy (non-hydrogen) atoms. The molecule has 0 radical (unpaired) electrons. The highest BCUT2D eigenvalue weighted by Crippen LogP contribution is 2.27. The van der Waals surface area contributed by atoms with Crippen molar-refractivity contribution in [1.29, 1.82) is 0 Å². The summed E-state index contributed by atoms with van der Waals surface area (Å²) in [6.45, 7) is 11.9. The van der Waals surface area contributed by atoms with Crippen LogP contribution >= 0.6 is 0 Å². The Morgan fingerprint density at radius 2 is 1.72 bits per heavy atom. The molecule has 0 saturated carbocycles. The van der Waals surface area contributed by atoms with Crippen molar-refractivity contribution in [3.8, 4) is 11.5 Å². The van der Waals surface area contributed by atoms with Gasteiger partial charge in [-0.05, 0) is 31.5 Å². The number of piperazine rings is 1. The van der Waals surface area contributed by atoms with Gasteiger partial charge < -0.3 is 19.7 Å². The Morgan fingerprint density at radius 3 is 2.34 bits per heavy atom. The third-order valence-corrected chi connectivity index (χ3v) is 5.85. The van der Waals surface area contributed by atoms with Gasteiger partial charge >= 0.3 is 0 Å². The normalized spacial score (nSPS) is 15.5. The molecule has 1 saturated heterocycles. The lowest BCUT2D eigenvalue weighted by Gasteiger charge is -2.38. The Kier molecular flexibility index (Phi) is 7.90. The van der Waals surface area contributed by atoms with E-state index in [4.69, 9.17) is 14.5 Å². The Labute approximate surface area is 190 Å². The SMILES string of the molecule is COc1ccc(CNC(=O)[C@H](C)N2CCN(c3cc(C)nc(C(C)C)n3)CC2)cc1OC. The minimum absolute atomic E-state index is 0.0215. The van der Waals surface area contributed by atoms with Crippen LogP contribution in [-0.4, -0.2) is 67.2 Å². The number of ether oxygens (including phenoxy) is 2. The van der Waals surface area contributed by atoms with Gasteiger partial charge in [0.25, 0.3) is 0 Å². The molecule has 0 unspecified atom stereocenters. The Balaban J connectivity index is 1.54. The summed E-state index contributed by atoms with van der Waals surface area (Å²) >= 11 is 0. The van der Waals surface area contributed by atoms with Gasteiger partial charge in [-0.3, -0.25) is 9.69 Å². The van der Waals surface area contributed by atoms with E-state index in [1.54, 1.807) is 14.2 Å². The van der Waals surface area contributed by atoms with E-state index in [0.717, 1.165) is 49.1 Å². The average molecular weight is 442 g/mol. The quantitative estimate of drug-likeness (QED) is 0.675. The fraction of sp³-hybridized carbons (Fsp3) is 0.542. The van der Waals surface area contributed by atoms with Crippen LogP contribution in [0.25, 0.3) is 0 Å². The van der Waals surface area contributed by atoms with Gasteiger partial charge in [-0.2, -0.15) is 0 Å². The first-order chi connectivity index (χ1) is 15.3. The third-order valence-electron chi connectivity index (χ3n) is 5.85. The van der Waals surface area contributed by atoms with E-state index < -0.39 is 0 Å². The van der Waals surface area contributed by atoms with Crippen molar-refractivity contribution >= 4 is 11.7 Å². The highest BCUT2D eigenvalue weighted by molar-refractivity contribution is 5.81. The molecule has 2 aromatic rings. The Bertz CT molecular complexity index is 926. The largest absolute Gasteiger partial charge is 0.493 e. The first-order valence-electron chi connectivity index (χ1n) is 11.2. The van der Waals surface area contributed by atoms with Crippen molar-refractivity contribution in [1.82, 2.24) is 20.2 Å². The number of methoxy groups -OCH3 is 2. The van der Waals surface area contributed by atoms with Crippen molar-refractivity contribution in [3.05, 3.63) is 41.3 Å². The zero-order valence-electron chi connectivity index (χ0n) is 20.0. The van der Waals surface area contributed by atoms with Crippen molar-refractivity contribution in [3.63, 3.8) is 0 Å². The number of aromatic nitrogens is 2. The number of rotatable bonds is 8. The second kappa shape index (κ2) is 10.6. The number of nitrogens with one attached hydrogen (secondary N) is 1. The van der Waals surface area contributed by atoms with Crippen LogP contribution in [-0.2, 0) is 11.3 Å². The zero-order valence-corrected chi connectivity index (χ0v) is 20.0. The average Bonchev–Trinajstić information content (AvgIpc) is 2.81. The number of nitrogens with zero attached hydrogens (tertiary/aromatic N) is 4. The van der Waals surface area contributed by atoms with Crippen LogP contribution in [0.5, 0.6) is 11.5 Å². The first-order valence-corrected chi connectivity index (χ1v) is 11.2. The summed E-state index contributed by atoms with van der Waals surface area (Å²) in [5, 5.41) is 3.04. The van der Waals surface area contributed by atoms with Gasteiger partial charge in [0.15, 0.2) is 11.5 Å². The van der Waals surface area contributed by atoms with Crippen LogP contribution in [0.1, 0.15) is 43.8 Å². The van der Waals surface area contributed by atoms with Crippen LogP contribution in [0.2, 0.25) is 0 Å². The summed E-state index contributed by atoms with van der Waals surface area (Å²) < 4.78 is 10.6. The maximum atomic E-state index is 12.8. The molecule has 1 amide bonds. The second-order valence-corrected chi connectivity index (χ2v) is 8.49. The summed E-state index contributed by atoms with van der Waals surface area (Å²) in [7, 11) is 3.21. The lowest BCUT2D eigenvalue weighted by molar-refractivity contribution is -0.126. The highest BCUT2D eigenvalue weighted by Gasteiger charge is 2.26. The smallest absolute Gasteiger partial charge is 0.237 e. The van der Waals surface area contributed by atoms with Gasteiger partial charge in [0.1, 0.15) is 11.6 Å². The molecular weight excluding hydrogens is 406 g/mol. The van der Waals surface area contributed by atoms with Crippen molar-refractivity contribution < 1.29 is 14.3 Å². The van der Waals surface area contributed by atoms with E-state index in [-0.39, 0.29) is 11.9 Å². The molecule has 1 aliphatic heterocycles. The molecule has 0 spiro atoms. The number of carbonyl (C=O) groups excluding carboxylic acids is 1. The standard InChI is InChI=1S/C24H35N5O3/c1-16(2)23-26-17(3)13-22(27-23)29-11-9-28(10-12-29)18(4)24(30)25-15-19-7-8-20(31-5)21(14-19)32-6/h7-8,13-14,16,18H,9-12,15H2,1-6H3,(H,25,30)/t18-/m0/s1. The van der Waals surface area contributed by atoms with E-state index in [9.17, 15) is 4.79 Å². The molecule has 1 atom stereocenters. The monoisotopic (exact) mass is 441 g/mol. The number of hydrogen-bond acceptors (Lipinski definition) is 7. The lowest BCUT2D eigenvalue weighted by Crippen LogP contribution is -2.54. The van der Waals surface area contributed by atoms with Crippen molar-refractivity contribution in [2.45, 2.75) is 46.2 Å². The van der Waals surface area contributed by atoms with Gasteiger partial charge in [0, 0.05) is 50.4 Å². The first kappa shape index (κ1) is 23.8. The van der Waals surface area contributed by atoms with Crippen LogP contribution in [0, 0.1) is 6.92 Å². The summed E-state index contributed by atoms with van der Waals surface area (Å²) in [5.74, 6) is 3.51. The maximum absolute atomic E-state index is 12.8. The molecule has 8 heteroatoms. The van der Waals surface area contributed by atoms with E-state index in [1.165, 1.54) is 0 Å². The van der Waals surface area contributed by atoms with Crippen LogP contribution < -0.4 is 19.7 Å². The van der Waals surface area contributed by atoms with Crippen molar-refractivity contribution in [2.24, 2.45) is 0 Å². The fourth-order valence-electron chi connectivity index (χ4n) is 3.83. The molecule has 174 valence electrons. The Morgan fingerprint density at radius 1 is 1.03 bits per heavy atom. The molecule has 8 nitrogen and oxygen atoms in total. The molecule has 1 aliphatic rings. The van der Waals surface area contributed by atoms with Crippen LogP contribution in [0.3, 0.4) is 0 Å². The molecule has 2 heterocycles. The van der Waals surface area contributed by atoms with E-state index in [2.05, 4.69) is 33.9 Å². The molecule has 1 N–H and O–H groups in total. The van der Waals surface area contributed by atoms with Gasteiger partial charge in [0.05, 0.1) is 20.3 Å². The molecular formula is C24H35N5O3. The van der Waals surface area contributed by atoms with E-state index in [0.29, 0.717) is 24.0 Å². The number of hydrogen-bond donors (Lipinski definition) is 1.